The van der Waals surface area contributed by atoms with Crippen molar-refractivity contribution in [1.82, 2.24) is 0 Å². The molecule has 0 fully saturated rings. The van der Waals surface area contributed by atoms with Gasteiger partial charge in [-0.2, -0.15) is 0 Å². The minimum absolute atomic E-state index is 0.309. The summed E-state index contributed by atoms with van der Waals surface area (Å²) in [5.74, 6) is 0.309. The van der Waals surface area contributed by atoms with Crippen molar-refractivity contribution in [2.24, 2.45) is 0 Å². The highest BCUT2D eigenvalue weighted by atomic mass is 32.1. The number of hydrogen-bond acceptors (Lipinski definition) is 4. The molecule has 3 aliphatic carbocycles. The fraction of sp³-hybridized carbons (Fsp3) is 0.0588. The van der Waals surface area contributed by atoms with E-state index in [-0.39, 0.29) is 0 Å². The van der Waals surface area contributed by atoms with E-state index in [9.17, 15) is 0 Å². The summed E-state index contributed by atoms with van der Waals surface area (Å²) >= 11 is 3.84. The smallest absolute Gasteiger partial charge is 0.0713 e. The molecule has 0 saturated carbocycles. The van der Waals surface area contributed by atoms with Crippen molar-refractivity contribution in [3.05, 3.63) is 370 Å². The van der Waals surface area contributed by atoms with Gasteiger partial charge >= 0.3 is 0 Å². The van der Waals surface area contributed by atoms with Crippen LogP contribution in [0.3, 0.4) is 0 Å². The Kier molecular flexibility index (Phi) is 11.9. The van der Waals surface area contributed by atoms with Crippen molar-refractivity contribution in [3.8, 4) is 22.3 Å². The van der Waals surface area contributed by atoms with Crippen LogP contribution in [-0.2, 0) is 10.8 Å². The van der Waals surface area contributed by atoms with E-state index in [4.69, 9.17) is 0 Å². The summed E-state index contributed by atoms with van der Waals surface area (Å²) in [6.45, 7) is 2.43. The van der Waals surface area contributed by atoms with Crippen LogP contribution in [0.2, 0.25) is 0 Å². The van der Waals surface area contributed by atoms with Gasteiger partial charge < -0.3 is 9.80 Å². The van der Waals surface area contributed by atoms with Crippen molar-refractivity contribution in [2.75, 3.05) is 9.80 Å². The first-order valence-corrected chi connectivity index (χ1v) is 32.6. The monoisotopic (exact) mass is 1170 g/mol. The van der Waals surface area contributed by atoms with Crippen LogP contribution in [0.15, 0.2) is 315 Å². The summed E-state index contributed by atoms with van der Waals surface area (Å²) in [5.41, 5.74) is 23.1. The van der Waals surface area contributed by atoms with E-state index in [0.29, 0.717) is 5.92 Å². The molecule has 18 rings (SSSR count). The average molecular weight is 1170 g/mol. The maximum atomic E-state index is 2.51. The summed E-state index contributed by atoms with van der Waals surface area (Å²) in [6, 6.07) is 116. The van der Waals surface area contributed by atoms with E-state index in [1.54, 1.807) is 0 Å². The molecular formula is C85H58N2S2. The lowest BCUT2D eigenvalue weighted by molar-refractivity contribution is 0.739. The van der Waals surface area contributed by atoms with Gasteiger partial charge in [-0.05, 0) is 192 Å². The lowest BCUT2D eigenvalue weighted by Crippen LogP contribution is -2.28. The first kappa shape index (κ1) is 51.8. The Morgan fingerprint density at radius 3 is 1.19 bits per heavy atom. The number of nitrogens with zero attached hydrogens (tertiary/aromatic N) is 2. The predicted octanol–water partition coefficient (Wildman–Crippen LogP) is 23.3. The van der Waals surface area contributed by atoms with E-state index in [1.807, 2.05) is 22.7 Å². The van der Waals surface area contributed by atoms with Crippen LogP contribution in [0.4, 0.5) is 28.4 Å². The van der Waals surface area contributed by atoms with Gasteiger partial charge in [0.15, 0.2) is 0 Å². The van der Waals surface area contributed by atoms with Gasteiger partial charge in [0.05, 0.1) is 10.8 Å². The van der Waals surface area contributed by atoms with Gasteiger partial charge in [-0.25, -0.2) is 0 Å². The number of para-hydroxylation sites is 2. The Morgan fingerprint density at radius 2 is 0.685 bits per heavy atom. The van der Waals surface area contributed by atoms with Crippen molar-refractivity contribution < 1.29 is 0 Å². The standard InChI is InChI=1S/C85H58N2S2/c1-55-48-67(87(63-28-12-5-13-29-63)65-44-40-61(41-45-65)85(59-24-8-3-9-25-59)77-36-20-16-32-70(77)71-33-17-21-37-78(71)85)54-82-83(55)74-50-56-49-73-72-47-46-66(53-81(72)88-79(73)51-57(56)52-80(74)89-82)86(62-26-10-4-11-27-62)64-42-38-60(39-43-64)84(58-22-6-2-7-23-58)75-34-18-14-30-68(75)69-31-15-19-35-76(69)84/h2-47,49-55H,48H2,1H3. The molecule has 2 aromatic heterocycles. The SMILES string of the molecule is CC1CC(N(c2ccccc2)c2ccc(C3(c4ccccc4)c4ccccc4-c4ccccc43)cc2)=Cc2sc3cc4cc5sc6cc(N(c7ccccc7)c7ccc(C8(c9ccccc9)c9ccccc9-c9ccccc98)cc7)ccc6c5cc4cc3c21. The normalized spacial score (nSPS) is 14.9. The van der Waals surface area contributed by atoms with Gasteiger partial charge in [-0.15, -0.1) is 22.7 Å². The molecule has 0 spiro atoms. The number of allylic oxidation sites excluding steroid dienone is 1. The zero-order valence-corrected chi connectivity index (χ0v) is 50.7. The van der Waals surface area contributed by atoms with Gasteiger partial charge in [-0.1, -0.05) is 231 Å². The van der Waals surface area contributed by atoms with E-state index in [2.05, 4.69) is 332 Å². The number of rotatable bonds is 10. The third-order valence-corrected chi connectivity index (χ3v) is 21.8. The Balaban J connectivity index is 0.699. The first-order valence-electron chi connectivity index (χ1n) is 31.0. The second kappa shape index (κ2) is 20.4. The van der Waals surface area contributed by atoms with Gasteiger partial charge in [0.25, 0.3) is 0 Å². The molecule has 1 atom stereocenters. The fourth-order valence-electron chi connectivity index (χ4n) is 15.9. The van der Waals surface area contributed by atoms with Crippen LogP contribution in [-0.4, -0.2) is 0 Å². The van der Waals surface area contributed by atoms with Gasteiger partial charge in [0.1, 0.15) is 0 Å². The Bertz CT molecular complexity index is 5200. The zero-order valence-electron chi connectivity index (χ0n) is 49.0. The molecule has 89 heavy (non-hydrogen) atoms. The highest BCUT2D eigenvalue weighted by molar-refractivity contribution is 7.26. The molecule has 2 heterocycles. The van der Waals surface area contributed by atoms with Crippen LogP contribution < -0.4 is 9.80 Å². The summed E-state index contributed by atoms with van der Waals surface area (Å²) < 4.78 is 3.93. The van der Waals surface area contributed by atoms with Gasteiger partial charge in [-0.3, -0.25) is 0 Å². The second-order valence-corrected chi connectivity index (χ2v) is 26.5. The third-order valence-electron chi connectivity index (χ3n) is 19.6. The number of hydrogen-bond donors (Lipinski definition) is 0. The topological polar surface area (TPSA) is 6.48 Å². The Labute approximate surface area is 526 Å². The molecule has 0 amide bonds. The van der Waals surface area contributed by atoms with E-state index in [1.165, 1.54) is 130 Å². The molecule has 0 aliphatic heterocycles. The predicted molar refractivity (Wildman–Crippen MR) is 378 cm³/mol. The number of thiophene rings is 2. The maximum Gasteiger partial charge on any atom is 0.0713 e. The van der Waals surface area contributed by atoms with Crippen LogP contribution in [0, 0.1) is 0 Å². The highest BCUT2D eigenvalue weighted by Gasteiger charge is 2.47. The minimum Gasteiger partial charge on any atom is -0.314 e. The van der Waals surface area contributed by atoms with Gasteiger partial charge in [0.2, 0.25) is 0 Å². The Hall–Kier alpha value is -10.4. The maximum absolute atomic E-state index is 2.51. The quantitative estimate of drug-likeness (QED) is 0.135. The summed E-state index contributed by atoms with van der Waals surface area (Å²) in [5, 5.41) is 6.54. The molecule has 0 bridgehead atoms. The number of benzene rings is 13. The van der Waals surface area contributed by atoms with E-state index >= 15 is 0 Å². The largest absolute Gasteiger partial charge is 0.314 e. The summed E-state index contributed by atoms with van der Waals surface area (Å²) in [4.78, 5) is 6.27. The molecule has 13 aromatic carbocycles. The van der Waals surface area contributed by atoms with Crippen molar-refractivity contribution >= 4 is 98.2 Å². The molecule has 0 saturated heterocycles. The molecule has 2 nitrogen and oxygen atoms in total. The number of fused-ring (bicyclic) bond motifs is 13. The average Bonchev–Trinajstić information content (AvgIpc) is 1.59. The van der Waals surface area contributed by atoms with Crippen molar-refractivity contribution in [2.45, 2.75) is 30.1 Å². The van der Waals surface area contributed by atoms with Crippen LogP contribution in [0.1, 0.15) is 74.2 Å². The molecule has 15 aromatic rings. The van der Waals surface area contributed by atoms with Crippen LogP contribution in [0.25, 0.3) is 69.4 Å². The first-order chi connectivity index (χ1) is 44.0. The van der Waals surface area contributed by atoms with E-state index < -0.39 is 10.8 Å². The third kappa shape index (κ3) is 7.80. The molecule has 0 radical (unpaired) electrons. The van der Waals surface area contributed by atoms with Crippen LogP contribution in [0.5, 0.6) is 0 Å². The second-order valence-electron chi connectivity index (χ2n) is 24.3. The lowest BCUT2D eigenvalue weighted by Gasteiger charge is -2.35. The van der Waals surface area contributed by atoms with E-state index in [0.717, 1.165) is 29.2 Å². The van der Waals surface area contributed by atoms with Crippen molar-refractivity contribution in [1.29, 1.82) is 0 Å². The zero-order chi connectivity index (χ0) is 58.8. The highest BCUT2D eigenvalue weighted by Crippen LogP contribution is 2.59. The Morgan fingerprint density at radius 1 is 0.315 bits per heavy atom. The lowest BCUT2D eigenvalue weighted by atomic mass is 9.67. The molecular weight excluding hydrogens is 1110 g/mol. The van der Waals surface area contributed by atoms with Crippen LogP contribution >= 0.6 is 22.7 Å². The summed E-state index contributed by atoms with van der Waals surface area (Å²) in [7, 11) is 0. The molecule has 420 valence electrons. The minimum atomic E-state index is -0.455. The molecule has 1 unspecified atom stereocenters. The summed E-state index contributed by atoms with van der Waals surface area (Å²) in [6.07, 6.45) is 3.41. The molecule has 0 N–H and O–H groups in total. The fourth-order valence-corrected chi connectivity index (χ4v) is 18.4. The molecule has 4 heteroatoms. The number of anilines is 5. The van der Waals surface area contributed by atoms with Crippen molar-refractivity contribution in [3.63, 3.8) is 0 Å². The molecule has 3 aliphatic rings. The van der Waals surface area contributed by atoms with Gasteiger partial charge in [0, 0.05) is 63.9 Å².